The lowest BCUT2D eigenvalue weighted by atomic mass is 9.86. The zero-order valence-corrected chi connectivity index (χ0v) is 25.6. The number of carbonyl (C=O) groups is 1. The van der Waals surface area contributed by atoms with Crippen molar-refractivity contribution in [1.29, 1.82) is 0 Å². The Labute approximate surface area is 258 Å². The van der Waals surface area contributed by atoms with E-state index in [2.05, 4.69) is 53.8 Å². The Balaban J connectivity index is 1.14. The number of ether oxygens (including phenoxy) is 3. The molecule has 4 aromatic rings. The fourth-order valence-corrected chi connectivity index (χ4v) is 7.08. The Kier molecular flexibility index (Phi) is 8.21. The Morgan fingerprint density at radius 3 is 2.55 bits per heavy atom. The zero-order valence-electron chi connectivity index (χ0n) is 25.6. The third-order valence-electron chi connectivity index (χ3n) is 9.72. The van der Waals surface area contributed by atoms with Gasteiger partial charge in [-0.25, -0.2) is 14.2 Å². The molecular weight excluding hydrogens is 554 g/mol. The molecule has 9 nitrogen and oxygen atoms in total. The summed E-state index contributed by atoms with van der Waals surface area (Å²) < 4.78 is 21.0. The van der Waals surface area contributed by atoms with E-state index in [-0.39, 0.29) is 23.9 Å². The molecule has 2 aliphatic carbocycles. The van der Waals surface area contributed by atoms with Crippen LogP contribution in [-0.4, -0.2) is 57.2 Å². The van der Waals surface area contributed by atoms with Gasteiger partial charge in [0, 0.05) is 31.2 Å². The normalized spacial score (nSPS) is 21.6. The van der Waals surface area contributed by atoms with Gasteiger partial charge in [0.25, 0.3) is 0 Å². The third-order valence-corrected chi connectivity index (χ3v) is 9.72. The fourth-order valence-electron chi connectivity index (χ4n) is 7.08. The third kappa shape index (κ3) is 5.89. The van der Waals surface area contributed by atoms with Gasteiger partial charge in [-0.1, -0.05) is 48.7 Å². The van der Waals surface area contributed by atoms with E-state index >= 15 is 0 Å². The predicted molar refractivity (Wildman–Crippen MR) is 166 cm³/mol. The van der Waals surface area contributed by atoms with Gasteiger partial charge in [0.05, 0.1) is 42.5 Å². The number of aromatic nitrogens is 5. The minimum atomic E-state index is -0.379. The van der Waals surface area contributed by atoms with Crippen molar-refractivity contribution >= 4 is 5.97 Å². The van der Waals surface area contributed by atoms with E-state index in [1.54, 1.807) is 6.20 Å². The van der Waals surface area contributed by atoms with Crippen molar-refractivity contribution in [3.63, 3.8) is 0 Å². The van der Waals surface area contributed by atoms with Crippen molar-refractivity contribution in [2.45, 2.75) is 82.3 Å². The average Bonchev–Trinajstić information content (AvgIpc) is 3.48. The summed E-state index contributed by atoms with van der Waals surface area (Å²) in [5.41, 5.74) is 5.35. The zero-order chi connectivity index (χ0) is 30.0. The second-order valence-corrected chi connectivity index (χ2v) is 12.6. The molecule has 3 aliphatic rings. The van der Waals surface area contributed by atoms with Gasteiger partial charge in [0.15, 0.2) is 0 Å². The Morgan fingerprint density at radius 2 is 1.75 bits per heavy atom. The molecule has 230 valence electrons. The highest BCUT2D eigenvalue weighted by Crippen LogP contribution is 2.55. The summed E-state index contributed by atoms with van der Waals surface area (Å²) in [4.78, 5) is 12.9. The first-order valence-corrected chi connectivity index (χ1v) is 16.1. The highest BCUT2D eigenvalue weighted by Gasteiger charge is 2.46. The van der Waals surface area contributed by atoms with E-state index < -0.39 is 0 Å². The number of benzene rings is 2. The van der Waals surface area contributed by atoms with Crippen LogP contribution in [0.3, 0.4) is 0 Å². The molecule has 2 aromatic heterocycles. The average molecular weight is 596 g/mol. The molecule has 2 saturated carbocycles. The van der Waals surface area contributed by atoms with E-state index in [0.29, 0.717) is 17.5 Å². The van der Waals surface area contributed by atoms with Gasteiger partial charge in [-0.2, -0.15) is 5.10 Å². The van der Waals surface area contributed by atoms with Gasteiger partial charge in [-0.15, -0.1) is 5.10 Å². The second kappa shape index (κ2) is 12.6. The van der Waals surface area contributed by atoms with Gasteiger partial charge < -0.3 is 14.2 Å². The molecule has 1 aliphatic heterocycles. The molecule has 44 heavy (non-hydrogen) atoms. The molecular formula is C35H41N5O4. The molecule has 2 aromatic carbocycles. The molecule has 0 radical (unpaired) electrons. The Bertz CT molecular complexity index is 1600. The van der Waals surface area contributed by atoms with Gasteiger partial charge in [-0.3, -0.25) is 0 Å². The molecule has 3 atom stereocenters. The molecule has 1 unspecified atom stereocenters. The molecule has 1 saturated heterocycles. The first kappa shape index (κ1) is 28.8. The minimum absolute atomic E-state index is 0.0908. The van der Waals surface area contributed by atoms with Crippen molar-refractivity contribution in [2.75, 3.05) is 20.3 Å². The van der Waals surface area contributed by atoms with Crippen LogP contribution in [0.1, 0.15) is 97.9 Å². The van der Waals surface area contributed by atoms with Crippen molar-refractivity contribution in [2.24, 2.45) is 5.92 Å². The van der Waals surface area contributed by atoms with E-state index in [9.17, 15) is 4.79 Å². The molecule has 0 amide bonds. The van der Waals surface area contributed by atoms with Crippen molar-refractivity contribution < 1.29 is 19.0 Å². The summed E-state index contributed by atoms with van der Waals surface area (Å²) in [6.45, 7) is 3.71. The lowest BCUT2D eigenvalue weighted by Gasteiger charge is -2.28. The standard InChI is InChI=1S/C35H41N5O4/c1-23(24-8-4-3-5-9-24)44-29-13-7-11-26(19-29)25-10-6-12-28(18-25)40-34(32(21-36-40)35(41)42-2)31-20-30(31)33-22-39(38-37-33)27-14-16-43-17-15-27/h6-7,10-13,18-19,21-24,27,30-31H,3-5,8-9,14-17,20H2,1-2H3/t23?,30-,31-/m1/s1. The summed E-state index contributed by atoms with van der Waals surface area (Å²) >= 11 is 0. The summed E-state index contributed by atoms with van der Waals surface area (Å²) in [6, 6.07) is 17.0. The molecule has 0 N–H and O–H groups in total. The van der Waals surface area contributed by atoms with E-state index in [4.69, 9.17) is 19.3 Å². The number of esters is 1. The maximum Gasteiger partial charge on any atom is 0.341 e. The summed E-state index contributed by atoms with van der Waals surface area (Å²) in [5, 5.41) is 13.7. The SMILES string of the molecule is COC(=O)c1cnn(-c2cccc(-c3cccc(OC(C)C4CCCCC4)c3)c2)c1[C@@H]1C[C@H]1c1cn(C2CCOCC2)nn1. The summed E-state index contributed by atoms with van der Waals surface area (Å²) in [5.74, 6) is 1.40. The maximum atomic E-state index is 12.9. The van der Waals surface area contributed by atoms with Crippen molar-refractivity contribution in [1.82, 2.24) is 24.8 Å². The van der Waals surface area contributed by atoms with Gasteiger partial charge >= 0.3 is 5.97 Å². The fraction of sp³-hybridized carbons (Fsp3) is 0.486. The molecule has 7 rings (SSSR count). The Hall–Kier alpha value is -3.98. The number of nitrogens with zero attached hydrogens (tertiary/aromatic N) is 5. The minimum Gasteiger partial charge on any atom is -0.490 e. The van der Waals surface area contributed by atoms with Gasteiger partial charge in [0.1, 0.15) is 11.3 Å². The first-order chi connectivity index (χ1) is 21.6. The van der Waals surface area contributed by atoms with Crippen molar-refractivity contribution in [3.05, 3.63) is 77.9 Å². The first-order valence-electron chi connectivity index (χ1n) is 16.1. The maximum absolute atomic E-state index is 12.9. The summed E-state index contributed by atoms with van der Waals surface area (Å²) in [7, 11) is 1.41. The molecule has 3 fully saturated rings. The van der Waals surface area contributed by atoms with Crippen LogP contribution in [0.25, 0.3) is 16.8 Å². The van der Waals surface area contributed by atoms with Crippen LogP contribution in [-0.2, 0) is 9.47 Å². The van der Waals surface area contributed by atoms with E-state index in [0.717, 1.165) is 66.4 Å². The lowest BCUT2D eigenvalue weighted by molar-refractivity contribution is 0.0599. The van der Waals surface area contributed by atoms with Crippen LogP contribution in [0.15, 0.2) is 60.9 Å². The number of hydrogen-bond acceptors (Lipinski definition) is 7. The lowest BCUT2D eigenvalue weighted by Crippen LogP contribution is -2.25. The van der Waals surface area contributed by atoms with Gasteiger partial charge in [0.2, 0.25) is 0 Å². The molecule has 0 bridgehead atoms. The number of carbonyl (C=O) groups excluding carboxylic acids is 1. The van der Waals surface area contributed by atoms with Crippen molar-refractivity contribution in [3.8, 4) is 22.6 Å². The van der Waals surface area contributed by atoms with Crippen LogP contribution < -0.4 is 4.74 Å². The van der Waals surface area contributed by atoms with Crippen LogP contribution >= 0.6 is 0 Å². The highest BCUT2D eigenvalue weighted by atomic mass is 16.5. The predicted octanol–water partition coefficient (Wildman–Crippen LogP) is 6.89. The second-order valence-electron chi connectivity index (χ2n) is 12.6. The number of rotatable bonds is 9. The topological polar surface area (TPSA) is 93.3 Å². The monoisotopic (exact) mass is 595 g/mol. The number of hydrogen-bond donors (Lipinski definition) is 0. The van der Waals surface area contributed by atoms with Crippen LogP contribution in [0, 0.1) is 5.92 Å². The quantitative estimate of drug-likeness (QED) is 0.195. The Morgan fingerprint density at radius 1 is 0.977 bits per heavy atom. The molecule has 3 heterocycles. The smallest absolute Gasteiger partial charge is 0.341 e. The summed E-state index contributed by atoms with van der Waals surface area (Å²) in [6.07, 6.45) is 13.1. The molecule has 0 spiro atoms. The van der Waals surface area contributed by atoms with Crippen LogP contribution in [0.2, 0.25) is 0 Å². The van der Waals surface area contributed by atoms with Crippen LogP contribution in [0.5, 0.6) is 5.75 Å². The van der Waals surface area contributed by atoms with E-state index in [1.165, 1.54) is 39.2 Å². The highest BCUT2D eigenvalue weighted by molar-refractivity contribution is 5.91. The van der Waals surface area contributed by atoms with E-state index in [1.807, 2.05) is 27.6 Å². The van der Waals surface area contributed by atoms with Gasteiger partial charge in [-0.05, 0) is 80.3 Å². The van der Waals surface area contributed by atoms with Crippen LogP contribution in [0.4, 0.5) is 0 Å². The number of methoxy groups -OCH3 is 1. The largest absolute Gasteiger partial charge is 0.490 e. The molecule has 9 heteroatoms.